The molecule has 1 saturated heterocycles. The Morgan fingerprint density at radius 1 is 1.25 bits per heavy atom. The van der Waals surface area contributed by atoms with Gasteiger partial charge in [0.15, 0.2) is 0 Å². The van der Waals surface area contributed by atoms with Crippen LogP contribution in [-0.4, -0.2) is 49.2 Å². The van der Waals surface area contributed by atoms with E-state index >= 15 is 0 Å². The molecule has 2 rings (SSSR count). The molecule has 0 radical (unpaired) electrons. The molecule has 0 atom stereocenters. The fourth-order valence-corrected chi connectivity index (χ4v) is 2.88. The van der Waals surface area contributed by atoms with Crippen LogP contribution in [0.2, 0.25) is 5.02 Å². The van der Waals surface area contributed by atoms with Gasteiger partial charge in [0.05, 0.1) is 5.02 Å². The average Bonchev–Trinajstić information content (AvgIpc) is 2.47. The molecule has 1 aromatic heterocycles. The number of hydrogen-bond donors (Lipinski definition) is 1. The normalized spacial score (nSPS) is 16.6. The van der Waals surface area contributed by atoms with Gasteiger partial charge in [-0.25, -0.2) is 4.98 Å². The molecular weight excluding hydrogens is 272 g/mol. The zero-order chi connectivity index (χ0) is 14.4. The van der Waals surface area contributed by atoms with Gasteiger partial charge < -0.3 is 10.2 Å². The van der Waals surface area contributed by atoms with Crippen LogP contribution in [0.4, 0.5) is 5.82 Å². The summed E-state index contributed by atoms with van der Waals surface area (Å²) >= 11 is 6.39. The van der Waals surface area contributed by atoms with E-state index in [0.717, 1.165) is 55.7 Å². The van der Waals surface area contributed by atoms with Crippen LogP contribution in [0.1, 0.15) is 25.8 Å². The van der Waals surface area contributed by atoms with Crippen LogP contribution >= 0.6 is 11.6 Å². The van der Waals surface area contributed by atoms with Crippen LogP contribution in [0, 0.1) is 0 Å². The van der Waals surface area contributed by atoms with Crippen molar-refractivity contribution in [1.82, 2.24) is 15.2 Å². The molecular formula is C15H25ClN4. The van der Waals surface area contributed by atoms with E-state index in [4.69, 9.17) is 11.6 Å². The Bertz CT molecular complexity index is 416. The second kappa shape index (κ2) is 7.81. The monoisotopic (exact) mass is 296 g/mol. The number of aromatic nitrogens is 1. The SMILES string of the molecule is CCCN1CCN(c2ncc(CNCC)cc2Cl)CC1. The van der Waals surface area contributed by atoms with Gasteiger partial charge in [0.25, 0.3) is 0 Å². The maximum Gasteiger partial charge on any atom is 0.147 e. The lowest BCUT2D eigenvalue weighted by atomic mass is 10.2. The van der Waals surface area contributed by atoms with E-state index in [2.05, 4.69) is 33.9 Å². The summed E-state index contributed by atoms with van der Waals surface area (Å²) in [5.74, 6) is 0.933. The van der Waals surface area contributed by atoms with E-state index in [0.29, 0.717) is 0 Å². The topological polar surface area (TPSA) is 31.4 Å². The number of halogens is 1. The first kappa shape index (κ1) is 15.5. The zero-order valence-corrected chi connectivity index (χ0v) is 13.3. The van der Waals surface area contributed by atoms with E-state index in [9.17, 15) is 0 Å². The number of hydrogen-bond acceptors (Lipinski definition) is 4. The lowest BCUT2D eigenvalue weighted by Gasteiger charge is -2.35. The lowest BCUT2D eigenvalue weighted by molar-refractivity contribution is 0.258. The smallest absolute Gasteiger partial charge is 0.147 e. The third-order valence-electron chi connectivity index (χ3n) is 3.67. The summed E-state index contributed by atoms with van der Waals surface area (Å²) < 4.78 is 0. The molecule has 0 aromatic carbocycles. The van der Waals surface area contributed by atoms with Gasteiger partial charge in [0.1, 0.15) is 5.82 Å². The highest BCUT2D eigenvalue weighted by Crippen LogP contribution is 2.25. The number of anilines is 1. The summed E-state index contributed by atoms with van der Waals surface area (Å²) in [4.78, 5) is 9.36. The summed E-state index contributed by atoms with van der Waals surface area (Å²) in [5, 5.41) is 4.06. The van der Waals surface area contributed by atoms with Crippen molar-refractivity contribution in [2.45, 2.75) is 26.8 Å². The van der Waals surface area contributed by atoms with E-state index in [1.807, 2.05) is 12.3 Å². The molecule has 112 valence electrons. The zero-order valence-electron chi connectivity index (χ0n) is 12.5. The van der Waals surface area contributed by atoms with Crippen molar-refractivity contribution in [2.24, 2.45) is 0 Å². The van der Waals surface area contributed by atoms with E-state index in [-0.39, 0.29) is 0 Å². The summed E-state index contributed by atoms with van der Waals surface area (Å²) in [6.45, 7) is 11.5. The van der Waals surface area contributed by atoms with Crippen LogP contribution in [0.15, 0.2) is 12.3 Å². The number of nitrogens with one attached hydrogen (secondary N) is 1. The predicted octanol–water partition coefficient (Wildman–Crippen LogP) is 2.38. The standard InChI is InChI=1S/C15H25ClN4/c1-3-5-19-6-8-20(9-7-19)15-14(16)10-13(12-18-15)11-17-4-2/h10,12,17H,3-9,11H2,1-2H3. The molecule has 1 aliphatic heterocycles. The maximum absolute atomic E-state index is 6.39. The fourth-order valence-electron chi connectivity index (χ4n) is 2.57. The Morgan fingerprint density at radius 2 is 2.00 bits per heavy atom. The first-order chi connectivity index (χ1) is 9.74. The average molecular weight is 297 g/mol. The number of pyridine rings is 1. The maximum atomic E-state index is 6.39. The lowest BCUT2D eigenvalue weighted by Crippen LogP contribution is -2.46. The van der Waals surface area contributed by atoms with E-state index < -0.39 is 0 Å². The molecule has 0 aliphatic carbocycles. The Morgan fingerprint density at radius 3 is 2.60 bits per heavy atom. The number of piperazine rings is 1. The quantitative estimate of drug-likeness (QED) is 0.873. The van der Waals surface area contributed by atoms with Crippen LogP contribution in [0.5, 0.6) is 0 Å². The minimum Gasteiger partial charge on any atom is -0.353 e. The van der Waals surface area contributed by atoms with Gasteiger partial charge in [-0.1, -0.05) is 25.4 Å². The van der Waals surface area contributed by atoms with Gasteiger partial charge in [0, 0.05) is 38.9 Å². The van der Waals surface area contributed by atoms with Crippen molar-refractivity contribution in [3.63, 3.8) is 0 Å². The molecule has 0 amide bonds. The molecule has 2 heterocycles. The largest absolute Gasteiger partial charge is 0.353 e. The summed E-state index contributed by atoms with van der Waals surface area (Å²) in [6.07, 6.45) is 3.15. The third-order valence-corrected chi connectivity index (χ3v) is 3.95. The van der Waals surface area contributed by atoms with Crippen LogP contribution in [0.3, 0.4) is 0 Å². The fraction of sp³-hybridized carbons (Fsp3) is 0.667. The van der Waals surface area contributed by atoms with E-state index in [1.54, 1.807) is 0 Å². The molecule has 20 heavy (non-hydrogen) atoms. The van der Waals surface area contributed by atoms with Gasteiger partial charge in [-0.05, 0) is 31.1 Å². The number of rotatable bonds is 6. The summed E-state index contributed by atoms with van der Waals surface area (Å²) in [6, 6.07) is 2.03. The van der Waals surface area contributed by atoms with Gasteiger partial charge in [0.2, 0.25) is 0 Å². The number of nitrogens with zero attached hydrogens (tertiary/aromatic N) is 3. The Balaban J connectivity index is 1.96. The molecule has 1 aromatic rings. The predicted molar refractivity (Wildman–Crippen MR) is 85.6 cm³/mol. The molecule has 0 spiro atoms. The van der Waals surface area contributed by atoms with Crippen molar-refractivity contribution in [3.05, 3.63) is 22.8 Å². The molecule has 1 fully saturated rings. The molecule has 4 nitrogen and oxygen atoms in total. The Hall–Kier alpha value is -0.840. The van der Waals surface area contributed by atoms with Crippen LogP contribution in [0.25, 0.3) is 0 Å². The highest BCUT2D eigenvalue weighted by Gasteiger charge is 2.19. The minimum absolute atomic E-state index is 0.768. The second-order valence-corrected chi connectivity index (χ2v) is 5.67. The van der Waals surface area contributed by atoms with Crippen molar-refractivity contribution in [2.75, 3.05) is 44.2 Å². The molecule has 1 N–H and O–H groups in total. The molecule has 0 unspecified atom stereocenters. The molecule has 0 saturated carbocycles. The molecule has 1 aliphatic rings. The Kier molecular flexibility index (Phi) is 6.07. The molecule has 5 heteroatoms. The van der Waals surface area contributed by atoms with Crippen molar-refractivity contribution >= 4 is 17.4 Å². The first-order valence-corrected chi connectivity index (χ1v) is 7.94. The Labute approximate surface area is 127 Å². The van der Waals surface area contributed by atoms with Gasteiger partial charge >= 0.3 is 0 Å². The second-order valence-electron chi connectivity index (χ2n) is 5.26. The summed E-state index contributed by atoms with van der Waals surface area (Å²) in [5.41, 5.74) is 1.14. The van der Waals surface area contributed by atoms with Gasteiger partial charge in [-0.15, -0.1) is 0 Å². The van der Waals surface area contributed by atoms with Crippen LogP contribution < -0.4 is 10.2 Å². The first-order valence-electron chi connectivity index (χ1n) is 7.57. The van der Waals surface area contributed by atoms with Gasteiger partial charge in [-0.2, -0.15) is 0 Å². The third kappa shape index (κ3) is 4.08. The minimum atomic E-state index is 0.768. The molecule has 0 bridgehead atoms. The van der Waals surface area contributed by atoms with E-state index in [1.165, 1.54) is 13.0 Å². The highest BCUT2D eigenvalue weighted by molar-refractivity contribution is 6.33. The van der Waals surface area contributed by atoms with Crippen molar-refractivity contribution in [3.8, 4) is 0 Å². The summed E-state index contributed by atoms with van der Waals surface area (Å²) in [7, 11) is 0. The van der Waals surface area contributed by atoms with Crippen molar-refractivity contribution in [1.29, 1.82) is 0 Å². The van der Waals surface area contributed by atoms with Crippen molar-refractivity contribution < 1.29 is 0 Å². The van der Waals surface area contributed by atoms with Crippen LogP contribution in [-0.2, 0) is 6.54 Å². The van der Waals surface area contributed by atoms with Gasteiger partial charge in [-0.3, -0.25) is 4.90 Å². The highest BCUT2D eigenvalue weighted by atomic mass is 35.5.